The van der Waals surface area contributed by atoms with Gasteiger partial charge < -0.3 is 20.3 Å². The number of hydrogen-bond acceptors (Lipinski definition) is 6. The largest absolute Gasteiger partial charge is 0.382 e. The molecular weight excluding hydrogens is 320 g/mol. The fourth-order valence-electron chi connectivity index (χ4n) is 3.10. The molecule has 0 spiro atoms. The number of nitrogen functional groups attached to an aromatic ring is 1. The van der Waals surface area contributed by atoms with Crippen LogP contribution in [0, 0.1) is 0 Å². The summed E-state index contributed by atoms with van der Waals surface area (Å²) in [6.45, 7) is 1.15. The van der Waals surface area contributed by atoms with Crippen molar-refractivity contribution in [3.63, 3.8) is 0 Å². The van der Waals surface area contributed by atoms with Gasteiger partial charge in [0.05, 0.1) is 24.3 Å². The molecule has 8 heteroatoms. The first-order valence-corrected chi connectivity index (χ1v) is 8.24. The summed E-state index contributed by atoms with van der Waals surface area (Å²) >= 11 is 0. The average Bonchev–Trinajstić information content (AvgIpc) is 3.20. The SMILES string of the molecule is CO[C@H]1C[C@@H](Cn2ccc(N)n2)N(C(=O)c2ccc(N(C)C)nc2)C1. The third kappa shape index (κ3) is 3.74. The van der Waals surface area contributed by atoms with E-state index in [9.17, 15) is 4.79 Å². The van der Waals surface area contributed by atoms with Gasteiger partial charge in [0, 0.05) is 40.1 Å². The van der Waals surface area contributed by atoms with Crippen LogP contribution < -0.4 is 10.6 Å². The van der Waals surface area contributed by atoms with Crippen LogP contribution in [0.15, 0.2) is 30.6 Å². The molecule has 0 unspecified atom stereocenters. The molecule has 2 N–H and O–H groups in total. The Hall–Kier alpha value is -2.61. The molecule has 0 aromatic carbocycles. The van der Waals surface area contributed by atoms with Gasteiger partial charge in [-0.1, -0.05) is 0 Å². The summed E-state index contributed by atoms with van der Waals surface area (Å²) in [6.07, 6.45) is 4.24. The zero-order valence-electron chi connectivity index (χ0n) is 14.8. The monoisotopic (exact) mass is 344 g/mol. The average molecular weight is 344 g/mol. The summed E-state index contributed by atoms with van der Waals surface area (Å²) in [5.74, 6) is 1.25. The van der Waals surface area contributed by atoms with Gasteiger partial charge in [0.15, 0.2) is 0 Å². The van der Waals surface area contributed by atoms with Crippen LogP contribution in [0.25, 0.3) is 0 Å². The summed E-state index contributed by atoms with van der Waals surface area (Å²) in [4.78, 5) is 21.0. The van der Waals surface area contributed by atoms with E-state index in [1.807, 2.05) is 42.2 Å². The minimum absolute atomic E-state index is 0.00488. The van der Waals surface area contributed by atoms with Crippen molar-refractivity contribution in [3.05, 3.63) is 36.2 Å². The molecule has 1 aliphatic heterocycles. The zero-order valence-corrected chi connectivity index (χ0v) is 14.8. The van der Waals surface area contributed by atoms with E-state index in [2.05, 4.69) is 10.1 Å². The Morgan fingerprint density at radius 2 is 2.20 bits per heavy atom. The number of nitrogens with zero attached hydrogens (tertiary/aromatic N) is 5. The summed E-state index contributed by atoms with van der Waals surface area (Å²) in [5.41, 5.74) is 6.26. The first kappa shape index (κ1) is 17.2. The van der Waals surface area contributed by atoms with Crippen molar-refractivity contribution in [2.45, 2.75) is 25.1 Å². The van der Waals surface area contributed by atoms with Crippen LogP contribution in [-0.4, -0.2) is 65.5 Å². The predicted octanol–water partition coefficient (Wildman–Crippen LogP) is 0.856. The second-order valence-corrected chi connectivity index (χ2v) is 6.47. The summed E-state index contributed by atoms with van der Waals surface area (Å²) < 4.78 is 7.25. The molecular formula is C17H24N6O2. The number of amides is 1. The van der Waals surface area contributed by atoms with E-state index in [-0.39, 0.29) is 18.1 Å². The fourth-order valence-corrected chi connectivity index (χ4v) is 3.10. The number of rotatable bonds is 5. The molecule has 2 atom stereocenters. The van der Waals surface area contributed by atoms with E-state index >= 15 is 0 Å². The van der Waals surface area contributed by atoms with E-state index < -0.39 is 0 Å². The highest BCUT2D eigenvalue weighted by Gasteiger charge is 2.36. The van der Waals surface area contributed by atoms with Crippen LogP contribution in [0.4, 0.5) is 11.6 Å². The number of carbonyl (C=O) groups is 1. The van der Waals surface area contributed by atoms with Crippen LogP contribution in [0.2, 0.25) is 0 Å². The highest BCUT2D eigenvalue weighted by molar-refractivity contribution is 5.94. The lowest BCUT2D eigenvalue weighted by Gasteiger charge is -2.24. The Morgan fingerprint density at radius 3 is 2.76 bits per heavy atom. The minimum atomic E-state index is -0.0394. The lowest BCUT2D eigenvalue weighted by Crippen LogP contribution is -2.38. The van der Waals surface area contributed by atoms with Crippen LogP contribution in [-0.2, 0) is 11.3 Å². The van der Waals surface area contributed by atoms with Gasteiger partial charge in [0.25, 0.3) is 5.91 Å². The molecule has 1 aliphatic rings. The van der Waals surface area contributed by atoms with Crippen molar-refractivity contribution < 1.29 is 9.53 Å². The van der Waals surface area contributed by atoms with Crippen molar-refractivity contribution in [2.75, 3.05) is 38.4 Å². The number of hydrogen-bond donors (Lipinski definition) is 1. The normalized spacial score (nSPS) is 20.0. The quantitative estimate of drug-likeness (QED) is 0.865. The van der Waals surface area contributed by atoms with Crippen molar-refractivity contribution >= 4 is 17.5 Å². The molecule has 1 fully saturated rings. The molecule has 1 saturated heterocycles. The minimum Gasteiger partial charge on any atom is -0.382 e. The first-order chi connectivity index (χ1) is 12.0. The lowest BCUT2D eigenvalue weighted by molar-refractivity contribution is 0.0678. The van der Waals surface area contributed by atoms with Crippen molar-refractivity contribution in [1.29, 1.82) is 0 Å². The Kier molecular flexibility index (Phi) is 4.89. The Balaban J connectivity index is 1.77. The molecule has 0 saturated carbocycles. The molecule has 3 heterocycles. The van der Waals surface area contributed by atoms with Gasteiger partial charge in [-0.05, 0) is 24.6 Å². The Morgan fingerprint density at radius 1 is 1.40 bits per heavy atom. The first-order valence-electron chi connectivity index (χ1n) is 8.24. The van der Waals surface area contributed by atoms with Gasteiger partial charge >= 0.3 is 0 Å². The lowest BCUT2D eigenvalue weighted by atomic mass is 10.2. The van der Waals surface area contributed by atoms with Gasteiger partial charge in [0.2, 0.25) is 0 Å². The standard InChI is InChI=1S/C17H24N6O2/c1-21(2)16-5-4-12(9-19-16)17(24)23-11-14(25-3)8-13(23)10-22-7-6-15(18)20-22/h4-7,9,13-14H,8,10-11H2,1-3H3,(H2,18,20)/t13-,14-/m0/s1. The van der Waals surface area contributed by atoms with Crippen LogP contribution >= 0.6 is 0 Å². The molecule has 2 aromatic rings. The highest BCUT2D eigenvalue weighted by atomic mass is 16.5. The predicted molar refractivity (Wildman–Crippen MR) is 95.4 cm³/mol. The van der Waals surface area contributed by atoms with E-state index in [1.54, 1.807) is 24.1 Å². The number of anilines is 2. The van der Waals surface area contributed by atoms with E-state index in [0.29, 0.717) is 24.5 Å². The summed E-state index contributed by atoms with van der Waals surface area (Å²) in [5, 5.41) is 4.22. The maximum absolute atomic E-state index is 13.0. The second kappa shape index (κ2) is 7.10. The number of nitrogens with two attached hydrogens (primary N) is 1. The maximum Gasteiger partial charge on any atom is 0.255 e. The molecule has 0 aliphatic carbocycles. The second-order valence-electron chi connectivity index (χ2n) is 6.47. The van der Waals surface area contributed by atoms with Crippen LogP contribution in [0.5, 0.6) is 0 Å². The number of likely N-dealkylation sites (tertiary alicyclic amines) is 1. The summed E-state index contributed by atoms with van der Waals surface area (Å²) in [6, 6.07) is 5.41. The fraction of sp³-hybridized carbons (Fsp3) is 0.471. The maximum atomic E-state index is 13.0. The van der Waals surface area contributed by atoms with Gasteiger partial charge in [-0.3, -0.25) is 9.48 Å². The van der Waals surface area contributed by atoms with Crippen LogP contribution in [0.1, 0.15) is 16.8 Å². The van der Waals surface area contributed by atoms with Gasteiger partial charge in [-0.15, -0.1) is 0 Å². The number of ether oxygens (including phenoxy) is 1. The van der Waals surface area contributed by atoms with Gasteiger partial charge in [-0.25, -0.2) is 4.98 Å². The Labute approximate surface area is 147 Å². The number of pyridine rings is 1. The molecule has 0 bridgehead atoms. The molecule has 0 radical (unpaired) electrons. The molecule has 8 nitrogen and oxygen atoms in total. The smallest absolute Gasteiger partial charge is 0.255 e. The molecule has 25 heavy (non-hydrogen) atoms. The van der Waals surface area contributed by atoms with Crippen molar-refractivity contribution in [2.24, 2.45) is 0 Å². The third-order valence-electron chi connectivity index (χ3n) is 4.48. The topological polar surface area (TPSA) is 89.5 Å². The van der Waals surface area contributed by atoms with E-state index in [0.717, 1.165) is 12.2 Å². The van der Waals surface area contributed by atoms with Gasteiger partial charge in [0.1, 0.15) is 11.6 Å². The Bertz CT molecular complexity index is 727. The number of carbonyl (C=O) groups excluding carboxylic acids is 1. The zero-order chi connectivity index (χ0) is 18.0. The van der Waals surface area contributed by atoms with Gasteiger partial charge in [-0.2, -0.15) is 5.10 Å². The number of methoxy groups -OCH3 is 1. The van der Waals surface area contributed by atoms with Crippen LogP contribution in [0.3, 0.4) is 0 Å². The molecule has 2 aromatic heterocycles. The van der Waals surface area contributed by atoms with E-state index in [4.69, 9.17) is 10.5 Å². The highest BCUT2D eigenvalue weighted by Crippen LogP contribution is 2.24. The third-order valence-corrected chi connectivity index (χ3v) is 4.48. The van der Waals surface area contributed by atoms with E-state index in [1.165, 1.54) is 0 Å². The van der Waals surface area contributed by atoms with Crippen molar-refractivity contribution in [1.82, 2.24) is 19.7 Å². The van der Waals surface area contributed by atoms with Crippen molar-refractivity contribution in [3.8, 4) is 0 Å². The molecule has 1 amide bonds. The molecule has 134 valence electrons. The number of aromatic nitrogens is 3. The molecule has 3 rings (SSSR count). The summed E-state index contributed by atoms with van der Waals surface area (Å²) in [7, 11) is 5.51.